The third-order valence-electron chi connectivity index (χ3n) is 4.70. The summed E-state index contributed by atoms with van der Waals surface area (Å²) >= 11 is 0. The Bertz CT molecular complexity index is 845. The largest absolute Gasteiger partial charge is 0.467 e. The van der Waals surface area contributed by atoms with Crippen molar-refractivity contribution in [3.8, 4) is 5.69 Å². The number of nitrogens with zero attached hydrogens (tertiary/aromatic N) is 4. The fourth-order valence-corrected chi connectivity index (χ4v) is 3.40. The van der Waals surface area contributed by atoms with Crippen molar-refractivity contribution in [2.24, 2.45) is 0 Å². The maximum Gasteiger partial charge on any atom is 0.322 e. The van der Waals surface area contributed by atoms with Gasteiger partial charge >= 0.3 is 6.03 Å². The van der Waals surface area contributed by atoms with Crippen molar-refractivity contribution in [1.29, 1.82) is 0 Å². The first-order chi connectivity index (χ1) is 12.8. The molecule has 1 N–H and O–H groups in total. The molecule has 2 amide bonds. The number of nitrogens with one attached hydrogen (secondary N) is 1. The molecule has 134 valence electrons. The van der Waals surface area contributed by atoms with Crippen LogP contribution in [0, 0.1) is 0 Å². The average molecular weight is 351 g/mol. The van der Waals surface area contributed by atoms with E-state index in [-0.39, 0.29) is 12.1 Å². The predicted molar refractivity (Wildman–Crippen MR) is 97.0 cm³/mol. The molecule has 1 unspecified atom stereocenters. The Morgan fingerprint density at radius 1 is 1.12 bits per heavy atom. The first kappa shape index (κ1) is 16.4. The minimum absolute atomic E-state index is 0.0199. The number of carbonyl (C=O) groups is 1. The number of amides is 2. The third-order valence-corrected chi connectivity index (χ3v) is 4.70. The number of carbonyl (C=O) groups excluding carboxylic acids is 1. The minimum Gasteiger partial charge on any atom is -0.467 e. The molecular formula is C19H21N5O2. The molecule has 1 aromatic carbocycles. The normalized spacial score (nSPS) is 17.7. The number of rotatable bonds is 3. The summed E-state index contributed by atoms with van der Waals surface area (Å²) in [5.41, 5.74) is 1.63. The lowest BCUT2D eigenvalue weighted by atomic mass is 10.1. The van der Waals surface area contributed by atoms with Gasteiger partial charge in [-0.05, 0) is 43.2 Å². The topological polar surface area (TPSA) is 76.2 Å². The van der Waals surface area contributed by atoms with Crippen LogP contribution in [0.3, 0.4) is 0 Å². The molecule has 26 heavy (non-hydrogen) atoms. The van der Waals surface area contributed by atoms with Crippen molar-refractivity contribution in [3.05, 3.63) is 61.1 Å². The number of benzene rings is 1. The van der Waals surface area contributed by atoms with Crippen LogP contribution < -0.4 is 5.32 Å². The molecule has 1 fully saturated rings. The fourth-order valence-electron chi connectivity index (χ4n) is 3.40. The molecule has 3 heterocycles. The molecule has 1 atom stereocenters. The van der Waals surface area contributed by atoms with Crippen LogP contribution in [0.2, 0.25) is 0 Å². The highest BCUT2D eigenvalue weighted by Gasteiger charge is 2.28. The summed E-state index contributed by atoms with van der Waals surface area (Å²) in [6, 6.07) is 11.3. The van der Waals surface area contributed by atoms with Crippen molar-refractivity contribution >= 4 is 11.7 Å². The van der Waals surface area contributed by atoms with E-state index in [1.165, 1.54) is 0 Å². The highest BCUT2D eigenvalue weighted by atomic mass is 16.3. The molecule has 7 nitrogen and oxygen atoms in total. The van der Waals surface area contributed by atoms with E-state index in [1.807, 2.05) is 41.3 Å². The van der Waals surface area contributed by atoms with Crippen LogP contribution in [0.5, 0.6) is 0 Å². The molecule has 2 aromatic heterocycles. The molecule has 0 bridgehead atoms. The zero-order chi connectivity index (χ0) is 17.8. The van der Waals surface area contributed by atoms with Gasteiger partial charge in [-0.25, -0.2) is 4.79 Å². The number of aromatic nitrogens is 3. The Morgan fingerprint density at radius 3 is 2.81 bits per heavy atom. The van der Waals surface area contributed by atoms with Crippen LogP contribution in [0.4, 0.5) is 10.5 Å². The Labute approximate surface area is 151 Å². The lowest BCUT2D eigenvalue weighted by Gasteiger charge is -2.28. The van der Waals surface area contributed by atoms with Crippen molar-refractivity contribution in [2.45, 2.75) is 31.7 Å². The first-order valence-corrected chi connectivity index (χ1v) is 8.87. The Balaban J connectivity index is 1.53. The number of hydrogen-bond donors (Lipinski definition) is 1. The molecule has 3 aromatic rings. The second-order valence-corrected chi connectivity index (χ2v) is 6.42. The summed E-state index contributed by atoms with van der Waals surface area (Å²) in [7, 11) is 0. The van der Waals surface area contributed by atoms with Gasteiger partial charge in [-0.2, -0.15) is 0 Å². The summed E-state index contributed by atoms with van der Waals surface area (Å²) in [6.07, 6.45) is 9.07. The van der Waals surface area contributed by atoms with E-state index < -0.39 is 0 Å². The van der Waals surface area contributed by atoms with Crippen LogP contribution in [0.1, 0.15) is 37.5 Å². The van der Waals surface area contributed by atoms with Gasteiger partial charge in [-0.3, -0.25) is 4.57 Å². The van der Waals surface area contributed by atoms with Gasteiger partial charge in [0.15, 0.2) is 0 Å². The molecule has 0 radical (unpaired) electrons. The van der Waals surface area contributed by atoms with Crippen LogP contribution in [-0.2, 0) is 0 Å². The van der Waals surface area contributed by atoms with E-state index in [2.05, 4.69) is 15.5 Å². The van der Waals surface area contributed by atoms with Crippen LogP contribution in [0.15, 0.2) is 59.7 Å². The number of likely N-dealkylation sites (tertiary alicyclic amines) is 1. The zero-order valence-corrected chi connectivity index (χ0v) is 14.4. The van der Waals surface area contributed by atoms with Crippen molar-refractivity contribution < 1.29 is 9.21 Å². The number of anilines is 1. The lowest BCUT2D eigenvalue weighted by Crippen LogP contribution is -2.37. The predicted octanol–water partition coefficient (Wildman–Crippen LogP) is 4.01. The van der Waals surface area contributed by atoms with E-state index in [9.17, 15) is 4.79 Å². The molecule has 4 rings (SSSR count). The van der Waals surface area contributed by atoms with E-state index in [4.69, 9.17) is 4.42 Å². The van der Waals surface area contributed by atoms with Crippen LogP contribution in [0.25, 0.3) is 5.69 Å². The average Bonchev–Trinajstić information content (AvgIpc) is 3.32. The second-order valence-electron chi connectivity index (χ2n) is 6.42. The standard InChI is InChI=1S/C19H21N5O2/c25-19(22-15-6-4-7-16(12-15)23-13-20-21-14-23)24-10-3-1-2-8-17(24)18-9-5-11-26-18/h4-7,9,11-14,17H,1-3,8,10H2,(H,22,25). The summed E-state index contributed by atoms with van der Waals surface area (Å²) in [4.78, 5) is 14.9. The molecule has 7 heteroatoms. The first-order valence-electron chi connectivity index (χ1n) is 8.87. The van der Waals surface area contributed by atoms with Gasteiger partial charge in [-0.15, -0.1) is 10.2 Å². The summed E-state index contributed by atoms with van der Waals surface area (Å²) in [6.45, 7) is 0.725. The SMILES string of the molecule is O=C(Nc1cccc(-n2cnnc2)c1)N1CCCCCC1c1ccco1. The van der Waals surface area contributed by atoms with E-state index in [0.29, 0.717) is 0 Å². The summed E-state index contributed by atoms with van der Waals surface area (Å²) in [5, 5.41) is 10.7. The maximum atomic E-state index is 13.0. The summed E-state index contributed by atoms with van der Waals surface area (Å²) < 4.78 is 7.39. The maximum absolute atomic E-state index is 13.0. The fraction of sp³-hybridized carbons (Fsp3) is 0.316. The number of urea groups is 1. The molecule has 0 spiro atoms. The molecule has 0 aliphatic carbocycles. The minimum atomic E-state index is -0.103. The second kappa shape index (κ2) is 7.43. The van der Waals surface area contributed by atoms with Gasteiger partial charge in [0, 0.05) is 12.2 Å². The van der Waals surface area contributed by atoms with Crippen molar-refractivity contribution in [3.63, 3.8) is 0 Å². The Kier molecular flexibility index (Phi) is 4.68. The van der Waals surface area contributed by atoms with Crippen LogP contribution >= 0.6 is 0 Å². The van der Waals surface area contributed by atoms with E-state index in [1.54, 1.807) is 23.5 Å². The third kappa shape index (κ3) is 3.46. The van der Waals surface area contributed by atoms with Gasteiger partial charge in [-0.1, -0.05) is 18.9 Å². The van der Waals surface area contributed by atoms with Crippen molar-refractivity contribution in [2.75, 3.05) is 11.9 Å². The van der Waals surface area contributed by atoms with Gasteiger partial charge < -0.3 is 14.6 Å². The highest BCUT2D eigenvalue weighted by molar-refractivity contribution is 5.90. The number of furan rings is 1. The monoisotopic (exact) mass is 351 g/mol. The number of hydrogen-bond acceptors (Lipinski definition) is 4. The van der Waals surface area contributed by atoms with E-state index in [0.717, 1.165) is 49.4 Å². The quantitative estimate of drug-likeness (QED) is 0.773. The molecular weight excluding hydrogens is 330 g/mol. The molecule has 1 aliphatic heterocycles. The van der Waals surface area contributed by atoms with Gasteiger partial charge in [0.25, 0.3) is 0 Å². The molecule has 0 saturated carbocycles. The van der Waals surface area contributed by atoms with Crippen LogP contribution in [-0.4, -0.2) is 32.2 Å². The van der Waals surface area contributed by atoms with Gasteiger partial charge in [0.05, 0.1) is 18.0 Å². The molecule has 1 aliphatic rings. The van der Waals surface area contributed by atoms with E-state index >= 15 is 0 Å². The summed E-state index contributed by atoms with van der Waals surface area (Å²) in [5.74, 6) is 0.847. The highest BCUT2D eigenvalue weighted by Crippen LogP contribution is 2.31. The van der Waals surface area contributed by atoms with Crippen molar-refractivity contribution in [1.82, 2.24) is 19.7 Å². The van der Waals surface area contributed by atoms with Gasteiger partial charge in [0.1, 0.15) is 18.4 Å². The van der Waals surface area contributed by atoms with Gasteiger partial charge in [0.2, 0.25) is 0 Å². The smallest absolute Gasteiger partial charge is 0.322 e. The Hall–Kier alpha value is -3.09. The lowest BCUT2D eigenvalue weighted by molar-refractivity contribution is 0.179. The molecule has 1 saturated heterocycles. The zero-order valence-electron chi connectivity index (χ0n) is 14.4. The Morgan fingerprint density at radius 2 is 2.00 bits per heavy atom.